The second kappa shape index (κ2) is 5.20. The molecule has 4 rings (SSSR count). The van der Waals surface area contributed by atoms with Gasteiger partial charge in [-0.3, -0.25) is 4.79 Å². The molecule has 1 amide bonds. The Morgan fingerprint density at radius 1 is 1.59 bits per heavy atom. The van der Waals surface area contributed by atoms with Gasteiger partial charge in [0, 0.05) is 24.9 Å². The molecule has 0 N–H and O–H groups in total. The SMILES string of the molecule is CN(C)C[C@H]1[C@H]2CN(C(=O)c3sccc3Cl)C[C@]23CC[C@H]1O3. The minimum atomic E-state index is -0.0925. The third-order valence-electron chi connectivity index (χ3n) is 5.46. The molecule has 4 nitrogen and oxygen atoms in total. The second-order valence-electron chi connectivity index (χ2n) is 7.08. The highest BCUT2D eigenvalue weighted by atomic mass is 35.5. The van der Waals surface area contributed by atoms with Gasteiger partial charge in [-0.1, -0.05) is 11.6 Å². The van der Waals surface area contributed by atoms with E-state index in [2.05, 4.69) is 19.0 Å². The van der Waals surface area contributed by atoms with Crippen LogP contribution in [0.1, 0.15) is 22.5 Å². The predicted molar refractivity (Wildman–Crippen MR) is 87.6 cm³/mol. The highest BCUT2D eigenvalue weighted by molar-refractivity contribution is 7.12. The number of thiophene rings is 1. The molecule has 120 valence electrons. The molecule has 0 saturated carbocycles. The summed E-state index contributed by atoms with van der Waals surface area (Å²) < 4.78 is 6.38. The fourth-order valence-corrected chi connectivity index (χ4v) is 5.70. The molecule has 4 atom stereocenters. The van der Waals surface area contributed by atoms with E-state index >= 15 is 0 Å². The first-order chi connectivity index (χ1) is 10.5. The summed E-state index contributed by atoms with van der Waals surface area (Å²) in [5.74, 6) is 1.08. The average molecular weight is 341 g/mol. The Kier molecular flexibility index (Phi) is 3.53. The number of halogens is 1. The monoisotopic (exact) mass is 340 g/mol. The van der Waals surface area contributed by atoms with Gasteiger partial charge in [-0.15, -0.1) is 11.3 Å². The van der Waals surface area contributed by atoms with Crippen LogP contribution in [0.2, 0.25) is 5.02 Å². The van der Waals surface area contributed by atoms with Crippen LogP contribution in [0.25, 0.3) is 0 Å². The maximum Gasteiger partial charge on any atom is 0.265 e. The van der Waals surface area contributed by atoms with Crippen molar-refractivity contribution in [2.24, 2.45) is 11.8 Å². The third-order valence-corrected chi connectivity index (χ3v) is 6.79. The number of amides is 1. The highest BCUT2D eigenvalue weighted by Gasteiger charge is 2.63. The van der Waals surface area contributed by atoms with E-state index in [4.69, 9.17) is 16.3 Å². The van der Waals surface area contributed by atoms with Gasteiger partial charge in [0.25, 0.3) is 5.91 Å². The molecule has 22 heavy (non-hydrogen) atoms. The quantitative estimate of drug-likeness (QED) is 0.848. The molecule has 3 aliphatic heterocycles. The van der Waals surface area contributed by atoms with Gasteiger partial charge >= 0.3 is 0 Å². The fourth-order valence-electron chi connectivity index (χ4n) is 4.60. The molecule has 0 aliphatic carbocycles. The minimum absolute atomic E-state index is 0.0689. The van der Waals surface area contributed by atoms with Crippen LogP contribution >= 0.6 is 22.9 Å². The van der Waals surface area contributed by atoms with Crippen LogP contribution < -0.4 is 0 Å². The lowest BCUT2D eigenvalue weighted by Crippen LogP contribution is -2.40. The first kappa shape index (κ1) is 14.9. The summed E-state index contributed by atoms with van der Waals surface area (Å²) in [6, 6.07) is 1.80. The summed E-state index contributed by atoms with van der Waals surface area (Å²) in [5, 5.41) is 2.45. The summed E-state index contributed by atoms with van der Waals surface area (Å²) in [7, 11) is 4.23. The van der Waals surface area contributed by atoms with Gasteiger partial charge in [0.05, 0.1) is 23.3 Å². The Balaban J connectivity index is 1.56. The van der Waals surface area contributed by atoms with E-state index in [1.807, 2.05) is 10.3 Å². The van der Waals surface area contributed by atoms with E-state index in [0.29, 0.717) is 27.8 Å². The van der Waals surface area contributed by atoms with E-state index in [9.17, 15) is 4.79 Å². The van der Waals surface area contributed by atoms with Crippen molar-refractivity contribution in [3.8, 4) is 0 Å². The number of carbonyl (C=O) groups is 1. The van der Waals surface area contributed by atoms with Crippen LogP contribution in [-0.2, 0) is 4.74 Å². The van der Waals surface area contributed by atoms with E-state index in [-0.39, 0.29) is 11.5 Å². The summed E-state index contributed by atoms with van der Waals surface area (Å²) >= 11 is 7.56. The molecular weight excluding hydrogens is 320 g/mol. The zero-order valence-electron chi connectivity index (χ0n) is 12.9. The van der Waals surface area contributed by atoms with Crippen molar-refractivity contribution in [3.63, 3.8) is 0 Å². The molecule has 3 fully saturated rings. The van der Waals surface area contributed by atoms with Gasteiger partial charge in [0.2, 0.25) is 0 Å². The molecule has 2 bridgehead atoms. The lowest BCUT2D eigenvalue weighted by atomic mass is 9.73. The molecule has 6 heteroatoms. The summed E-state index contributed by atoms with van der Waals surface area (Å²) in [4.78, 5) is 17.6. The molecule has 3 aliphatic rings. The lowest BCUT2D eigenvalue weighted by Gasteiger charge is -2.30. The maximum absolute atomic E-state index is 12.7. The van der Waals surface area contributed by atoms with Crippen molar-refractivity contribution in [3.05, 3.63) is 21.3 Å². The minimum Gasteiger partial charge on any atom is -0.369 e. The van der Waals surface area contributed by atoms with Crippen molar-refractivity contribution in [2.45, 2.75) is 24.5 Å². The number of rotatable bonds is 3. The van der Waals surface area contributed by atoms with Crippen molar-refractivity contribution >= 4 is 28.8 Å². The van der Waals surface area contributed by atoms with E-state index in [1.165, 1.54) is 11.3 Å². The maximum atomic E-state index is 12.7. The number of nitrogens with zero attached hydrogens (tertiary/aromatic N) is 2. The summed E-state index contributed by atoms with van der Waals surface area (Å²) in [6.45, 7) is 2.58. The van der Waals surface area contributed by atoms with Crippen LogP contribution in [0.5, 0.6) is 0 Å². The van der Waals surface area contributed by atoms with Gasteiger partial charge in [-0.25, -0.2) is 0 Å². The van der Waals surface area contributed by atoms with Crippen LogP contribution in [0.4, 0.5) is 0 Å². The average Bonchev–Trinajstić information content (AvgIpc) is 3.18. The second-order valence-corrected chi connectivity index (χ2v) is 8.40. The first-order valence-electron chi connectivity index (χ1n) is 7.85. The standard InChI is InChI=1S/C16H21ClN2O2S/c1-18(2)7-10-11-8-19(9-16(11)5-3-13(10)21-16)15(20)14-12(17)4-6-22-14/h4,6,10-11,13H,3,5,7-9H2,1-2H3/t10-,11+,13+,16+/m0/s1. The van der Waals surface area contributed by atoms with Crippen molar-refractivity contribution in [2.75, 3.05) is 33.7 Å². The lowest BCUT2D eigenvalue weighted by molar-refractivity contribution is 0.00261. The number of hydrogen-bond donors (Lipinski definition) is 0. The zero-order chi connectivity index (χ0) is 15.5. The topological polar surface area (TPSA) is 32.8 Å². The molecule has 0 unspecified atom stereocenters. The molecule has 1 spiro atoms. The molecule has 1 aromatic rings. The van der Waals surface area contributed by atoms with E-state index in [1.54, 1.807) is 6.07 Å². The molecule has 1 aromatic heterocycles. The Morgan fingerprint density at radius 3 is 3.09 bits per heavy atom. The number of hydrogen-bond acceptors (Lipinski definition) is 4. The first-order valence-corrected chi connectivity index (χ1v) is 9.11. The van der Waals surface area contributed by atoms with E-state index in [0.717, 1.165) is 32.5 Å². The number of fused-ring (bicyclic) bond motifs is 1. The normalized spacial score (nSPS) is 36.4. The van der Waals surface area contributed by atoms with Crippen LogP contribution in [0.3, 0.4) is 0 Å². The summed E-state index contributed by atoms with van der Waals surface area (Å²) in [6.07, 6.45) is 2.61. The van der Waals surface area contributed by atoms with E-state index < -0.39 is 0 Å². The Morgan fingerprint density at radius 2 is 2.41 bits per heavy atom. The van der Waals surface area contributed by atoms with Gasteiger partial charge in [-0.05, 0) is 38.4 Å². The van der Waals surface area contributed by atoms with Crippen molar-refractivity contribution in [1.82, 2.24) is 9.80 Å². The summed E-state index contributed by atoms with van der Waals surface area (Å²) in [5.41, 5.74) is -0.0925. The van der Waals surface area contributed by atoms with Crippen LogP contribution in [0, 0.1) is 11.8 Å². The fraction of sp³-hybridized carbons (Fsp3) is 0.688. The number of carbonyl (C=O) groups excluding carboxylic acids is 1. The van der Waals surface area contributed by atoms with Gasteiger partial charge in [0.1, 0.15) is 4.88 Å². The third kappa shape index (κ3) is 2.13. The van der Waals surface area contributed by atoms with Crippen molar-refractivity contribution in [1.29, 1.82) is 0 Å². The Bertz CT molecular complexity index is 605. The highest BCUT2D eigenvalue weighted by Crippen LogP contribution is 2.55. The zero-order valence-corrected chi connectivity index (χ0v) is 14.5. The van der Waals surface area contributed by atoms with Crippen molar-refractivity contribution < 1.29 is 9.53 Å². The van der Waals surface area contributed by atoms with Crippen LogP contribution in [0.15, 0.2) is 11.4 Å². The van der Waals surface area contributed by atoms with Gasteiger partial charge in [0.15, 0.2) is 0 Å². The number of ether oxygens (including phenoxy) is 1. The smallest absolute Gasteiger partial charge is 0.265 e. The molecule has 4 heterocycles. The number of likely N-dealkylation sites (tertiary alicyclic amines) is 1. The Labute approximate surface area is 140 Å². The molecule has 0 aromatic carbocycles. The largest absolute Gasteiger partial charge is 0.369 e. The predicted octanol–water partition coefficient (Wildman–Crippen LogP) is 2.58. The van der Waals surface area contributed by atoms with Gasteiger partial charge in [-0.2, -0.15) is 0 Å². The Hall–Kier alpha value is -0.620. The molecular formula is C16H21ClN2O2S. The molecule has 3 saturated heterocycles. The van der Waals surface area contributed by atoms with Crippen LogP contribution in [-0.4, -0.2) is 61.1 Å². The van der Waals surface area contributed by atoms with Gasteiger partial charge < -0.3 is 14.5 Å². The molecule has 0 radical (unpaired) electrons.